The Kier molecular flexibility index (Phi) is 5.19. The van der Waals surface area contributed by atoms with Crippen molar-refractivity contribution in [2.45, 2.75) is 13.8 Å². The molecule has 1 aliphatic heterocycles. The molecule has 2 aromatic heterocycles. The highest BCUT2D eigenvalue weighted by Gasteiger charge is 2.24. The van der Waals surface area contributed by atoms with E-state index in [-0.39, 0.29) is 6.61 Å². The van der Waals surface area contributed by atoms with E-state index in [9.17, 15) is 5.11 Å². The second-order valence-electron chi connectivity index (χ2n) is 7.36. The Hall–Kier alpha value is -2.64. The maximum atomic E-state index is 9.20. The van der Waals surface area contributed by atoms with Crippen LogP contribution < -0.4 is 14.5 Å². The molecule has 0 spiro atoms. The van der Waals surface area contributed by atoms with Crippen molar-refractivity contribution in [1.82, 2.24) is 14.6 Å². The molecule has 1 fully saturated rings. The lowest BCUT2D eigenvalue weighted by Crippen LogP contribution is -3.15. The van der Waals surface area contributed by atoms with E-state index in [1.165, 1.54) is 4.90 Å². The molecule has 28 heavy (non-hydrogen) atoms. The number of aromatic nitrogens is 3. The van der Waals surface area contributed by atoms with Gasteiger partial charge >= 0.3 is 0 Å². The third-order valence-electron chi connectivity index (χ3n) is 5.51. The zero-order valence-electron chi connectivity index (χ0n) is 16.8. The van der Waals surface area contributed by atoms with Gasteiger partial charge in [0.1, 0.15) is 18.1 Å². The lowest BCUT2D eigenvalue weighted by Gasteiger charge is -2.33. The Morgan fingerprint density at radius 3 is 2.64 bits per heavy atom. The van der Waals surface area contributed by atoms with Crippen molar-refractivity contribution in [3.8, 4) is 16.9 Å². The summed E-state index contributed by atoms with van der Waals surface area (Å²) in [6, 6.07) is 10.1. The number of benzene rings is 1. The molecule has 1 aromatic carbocycles. The first-order valence-corrected chi connectivity index (χ1v) is 9.82. The van der Waals surface area contributed by atoms with Gasteiger partial charge in [-0.3, -0.25) is 0 Å². The standard InChI is InChI=1S/C21H27N5O2/c1-15-14-19(25-10-8-24(9-11-25)12-13-27)26-21(22-15)20(16(2)23-26)17-6-4-5-7-18(17)28-3/h4-7,14,27H,8-13H2,1-3H3/p+1. The number of hydrogen-bond acceptors (Lipinski definition) is 5. The molecule has 7 nitrogen and oxygen atoms in total. The molecule has 2 N–H and O–H groups in total. The second kappa shape index (κ2) is 7.77. The van der Waals surface area contributed by atoms with Crippen molar-refractivity contribution in [3.05, 3.63) is 41.7 Å². The minimum absolute atomic E-state index is 0.245. The number of nitrogens with one attached hydrogen (secondary N) is 1. The van der Waals surface area contributed by atoms with Crippen LogP contribution in [0.25, 0.3) is 16.8 Å². The molecule has 0 amide bonds. The number of anilines is 1. The Morgan fingerprint density at radius 1 is 1.18 bits per heavy atom. The van der Waals surface area contributed by atoms with Crippen LogP contribution in [0, 0.1) is 13.8 Å². The number of piperazine rings is 1. The second-order valence-corrected chi connectivity index (χ2v) is 7.36. The molecule has 0 bridgehead atoms. The van der Waals surface area contributed by atoms with Gasteiger partial charge in [-0.2, -0.15) is 9.61 Å². The third kappa shape index (κ3) is 3.31. The van der Waals surface area contributed by atoms with E-state index in [1.807, 2.05) is 36.6 Å². The van der Waals surface area contributed by atoms with Crippen molar-refractivity contribution in [3.63, 3.8) is 0 Å². The minimum atomic E-state index is 0.245. The monoisotopic (exact) mass is 382 g/mol. The van der Waals surface area contributed by atoms with Gasteiger partial charge in [0.25, 0.3) is 0 Å². The van der Waals surface area contributed by atoms with E-state index >= 15 is 0 Å². The number of nitrogens with zero attached hydrogens (tertiary/aromatic N) is 4. The number of aliphatic hydroxyl groups excluding tert-OH is 1. The van der Waals surface area contributed by atoms with E-state index in [4.69, 9.17) is 14.8 Å². The van der Waals surface area contributed by atoms with Crippen LogP contribution >= 0.6 is 0 Å². The fourth-order valence-corrected chi connectivity index (χ4v) is 4.08. The Bertz CT molecular complexity index is 976. The smallest absolute Gasteiger partial charge is 0.165 e. The molecule has 0 unspecified atom stereocenters. The van der Waals surface area contributed by atoms with Gasteiger partial charge in [0, 0.05) is 17.3 Å². The number of para-hydroxylation sites is 1. The van der Waals surface area contributed by atoms with Crippen molar-refractivity contribution in [2.24, 2.45) is 0 Å². The number of rotatable bonds is 5. The highest BCUT2D eigenvalue weighted by atomic mass is 16.5. The minimum Gasteiger partial charge on any atom is -0.496 e. The predicted octanol–water partition coefficient (Wildman–Crippen LogP) is 0.719. The van der Waals surface area contributed by atoms with E-state index in [0.717, 1.165) is 72.5 Å². The van der Waals surface area contributed by atoms with Crippen LogP contribution in [0.3, 0.4) is 0 Å². The van der Waals surface area contributed by atoms with Gasteiger partial charge in [0.05, 0.1) is 51.2 Å². The van der Waals surface area contributed by atoms with Crippen molar-refractivity contribution in [1.29, 1.82) is 0 Å². The summed E-state index contributed by atoms with van der Waals surface area (Å²) >= 11 is 0. The predicted molar refractivity (Wildman–Crippen MR) is 109 cm³/mol. The van der Waals surface area contributed by atoms with E-state index < -0.39 is 0 Å². The maximum absolute atomic E-state index is 9.20. The van der Waals surface area contributed by atoms with Crippen LogP contribution in [-0.4, -0.2) is 66.1 Å². The summed E-state index contributed by atoms with van der Waals surface area (Å²) in [5, 5.41) is 14.0. The summed E-state index contributed by atoms with van der Waals surface area (Å²) < 4.78 is 7.56. The molecule has 0 saturated carbocycles. The van der Waals surface area contributed by atoms with Crippen LogP contribution in [0.1, 0.15) is 11.4 Å². The van der Waals surface area contributed by atoms with Crippen LogP contribution in [0.2, 0.25) is 0 Å². The summed E-state index contributed by atoms with van der Waals surface area (Å²) in [5.74, 6) is 1.90. The van der Waals surface area contributed by atoms with Crippen molar-refractivity contribution < 1.29 is 14.7 Å². The third-order valence-corrected chi connectivity index (χ3v) is 5.51. The highest BCUT2D eigenvalue weighted by Crippen LogP contribution is 2.35. The fourth-order valence-electron chi connectivity index (χ4n) is 4.08. The highest BCUT2D eigenvalue weighted by molar-refractivity contribution is 5.84. The van der Waals surface area contributed by atoms with Gasteiger partial charge < -0.3 is 19.6 Å². The average Bonchev–Trinajstić information content (AvgIpc) is 3.03. The summed E-state index contributed by atoms with van der Waals surface area (Å²) in [4.78, 5) is 8.66. The Labute approximate surface area is 165 Å². The van der Waals surface area contributed by atoms with Gasteiger partial charge in [-0.1, -0.05) is 18.2 Å². The quantitative estimate of drug-likeness (QED) is 0.681. The lowest BCUT2D eigenvalue weighted by molar-refractivity contribution is -0.900. The summed E-state index contributed by atoms with van der Waals surface area (Å²) in [6.07, 6.45) is 0. The Balaban J connectivity index is 1.79. The van der Waals surface area contributed by atoms with E-state index in [1.54, 1.807) is 7.11 Å². The number of aryl methyl sites for hydroxylation is 2. The first kappa shape index (κ1) is 18.7. The zero-order valence-corrected chi connectivity index (χ0v) is 16.8. The van der Waals surface area contributed by atoms with Gasteiger partial charge in [0.15, 0.2) is 5.65 Å². The molecule has 4 rings (SSSR count). The molecule has 148 valence electrons. The number of quaternary nitrogens is 1. The molecule has 0 atom stereocenters. The Morgan fingerprint density at radius 2 is 1.93 bits per heavy atom. The van der Waals surface area contributed by atoms with Crippen LogP contribution in [-0.2, 0) is 0 Å². The number of fused-ring (bicyclic) bond motifs is 1. The van der Waals surface area contributed by atoms with Crippen LogP contribution in [0.15, 0.2) is 30.3 Å². The molecule has 0 radical (unpaired) electrons. The van der Waals surface area contributed by atoms with E-state index in [0.29, 0.717) is 0 Å². The van der Waals surface area contributed by atoms with Gasteiger partial charge in [-0.15, -0.1) is 0 Å². The molecular weight excluding hydrogens is 354 g/mol. The number of methoxy groups -OCH3 is 1. The van der Waals surface area contributed by atoms with Crippen LogP contribution in [0.4, 0.5) is 5.82 Å². The SMILES string of the molecule is COc1ccccc1-c1c(C)nn2c(N3CC[NH+](CCO)CC3)cc(C)nc12. The van der Waals surface area contributed by atoms with Crippen molar-refractivity contribution in [2.75, 3.05) is 51.3 Å². The summed E-state index contributed by atoms with van der Waals surface area (Å²) in [7, 11) is 1.69. The summed E-state index contributed by atoms with van der Waals surface area (Å²) in [6.45, 7) is 9.04. The normalized spacial score (nSPS) is 15.4. The molecule has 7 heteroatoms. The average molecular weight is 382 g/mol. The first-order valence-electron chi connectivity index (χ1n) is 9.82. The topological polar surface area (TPSA) is 67.3 Å². The first-order chi connectivity index (χ1) is 13.6. The number of ether oxygens (including phenoxy) is 1. The lowest BCUT2D eigenvalue weighted by atomic mass is 10.1. The van der Waals surface area contributed by atoms with Crippen LogP contribution in [0.5, 0.6) is 5.75 Å². The van der Waals surface area contributed by atoms with Gasteiger partial charge in [-0.05, 0) is 19.9 Å². The van der Waals surface area contributed by atoms with E-state index in [2.05, 4.69) is 17.0 Å². The zero-order chi connectivity index (χ0) is 19.7. The molecular formula is C21H28N5O2+. The largest absolute Gasteiger partial charge is 0.496 e. The molecule has 3 heterocycles. The number of hydrogen-bond donors (Lipinski definition) is 2. The van der Waals surface area contributed by atoms with Crippen molar-refractivity contribution >= 4 is 11.5 Å². The molecule has 1 aliphatic rings. The molecule has 0 aliphatic carbocycles. The van der Waals surface area contributed by atoms with Gasteiger partial charge in [0.2, 0.25) is 0 Å². The molecule has 3 aromatic rings. The maximum Gasteiger partial charge on any atom is 0.165 e. The molecule has 1 saturated heterocycles. The van der Waals surface area contributed by atoms with Gasteiger partial charge in [-0.25, -0.2) is 4.98 Å². The number of aliphatic hydroxyl groups is 1. The fraction of sp³-hybridized carbons (Fsp3) is 0.429. The summed E-state index contributed by atoms with van der Waals surface area (Å²) in [5.41, 5.74) is 4.81.